The normalized spacial score (nSPS) is 12.1. The number of nitrogen functional groups attached to an aromatic ring is 1. The fourth-order valence-corrected chi connectivity index (χ4v) is 4.48. The minimum Gasteiger partial charge on any atom is -0.504 e. The van der Waals surface area contributed by atoms with Crippen molar-refractivity contribution >= 4 is 34.8 Å². The Bertz CT molecular complexity index is 1640. The number of carbonyl (C=O) groups excluding carboxylic acids is 3. The van der Waals surface area contributed by atoms with Gasteiger partial charge in [-0.2, -0.15) is 0 Å². The van der Waals surface area contributed by atoms with Crippen LogP contribution in [0.1, 0.15) is 41.8 Å². The van der Waals surface area contributed by atoms with Crippen molar-refractivity contribution in [3.63, 3.8) is 0 Å². The van der Waals surface area contributed by atoms with Crippen LogP contribution >= 0.6 is 0 Å². The molecular weight excluding hydrogens is 574 g/mol. The van der Waals surface area contributed by atoms with E-state index in [1.165, 1.54) is 26.2 Å². The minimum atomic E-state index is -0.996. The number of carbonyl (C=O) groups is 3. The Morgan fingerprint density at radius 3 is 2.29 bits per heavy atom. The third kappa shape index (κ3) is 9.36. The second kappa shape index (κ2) is 15.6. The van der Waals surface area contributed by atoms with E-state index in [1.54, 1.807) is 78.9 Å². The van der Waals surface area contributed by atoms with Crippen molar-refractivity contribution in [3.8, 4) is 17.2 Å². The standard InChI is InChI=1S/C35H35N3O7/c1-23(39)24-16-19-26(20-17-24)37-35(42)45-34(25-18-21-31(43-2)30(40)22-25)32(44-27-10-4-3-5-11-27)14-8-9-15-33(41)38-29-13-7-6-12-28(29)36/h3-7,9-13,15-22,32,34,40H,8,14,36H2,1-2H3,(H,37,42)(H,38,41)/b15-9+/t32-,34-/m1/s1. The molecule has 0 spiro atoms. The van der Waals surface area contributed by atoms with Gasteiger partial charge in [-0.1, -0.05) is 42.5 Å². The molecule has 0 aliphatic rings. The number of para-hydroxylation sites is 3. The summed E-state index contributed by atoms with van der Waals surface area (Å²) in [7, 11) is 1.43. The van der Waals surface area contributed by atoms with Gasteiger partial charge in [-0.05, 0) is 86.5 Å². The molecule has 2 amide bonds. The number of allylic oxidation sites excluding steroid dienone is 1. The highest BCUT2D eigenvalue weighted by Gasteiger charge is 2.30. The summed E-state index contributed by atoms with van der Waals surface area (Å²) in [4.78, 5) is 37.3. The Kier molecular flexibility index (Phi) is 11.2. The number of amides is 2. The Morgan fingerprint density at radius 2 is 1.62 bits per heavy atom. The van der Waals surface area contributed by atoms with E-state index >= 15 is 0 Å². The highest BCUT2D eigenvalue weighted by atomic mass is 16.6. The first kappa shape index (κ1) is 32.2. The number of Topliss-reactive ketones (excluding diaryl/α,β-unsaturated/α-hetero) is 1. The molecule has 0 bridgehead atoms. The smallest absolute Gasteiger partial charge is 0.412 e. The molecule has 0 fully saturated rings. The zero-order valence-electron chi connectivity index (χ0n) is 24.9. The summed E-state index contributed by atoms with van der Waals surface area (Å²) in [5, 5.41) is 16.0. The van der Waals surface area contributed by atoms with Crippen LogP contribution in [0.3, 0.4) is 0 Å². The summed E-state index contributed by atoms with van der Waals surface area (Å²) in [6.45, 7) is 1.46. The van der Waals surface area contributed by atoms with E-state index in [2.05, 4.69) is 10.6 Å². The molecular formula is C35H35N3O7. The molecule has 10 nitrogen and oxygen atoms in total. The predicted octanol–water partition coefficient (Wildman–Crippen LogP) is 6.90. The third-order valence-electron chi connectivity index (χ3n) is 6.78. The Hall–Kier alpha value is -5.77. The number of nitrogens with two attached hydrogens (primary N) is 1. The molecule has 10 heteroatoms. The summed E-state index contributed by atoms with van der Waals surface area (Å²) in [5.41, 5.74) is 8.26. The third-order valence-corrected chi connectivity index (χ3v) is 6.78. The van der Waals surface area contributed by atoms with E-state index in [9.17, 15) is 19.5 Å². The number of rotatable bonds is 13. The summed E-state index contributed by atoms with van der Waals surface area (Å²) >= 11 is 0. The van der Waals surface area contributed by atoms with Gasteiger partial charge in [-0.15, -0.1) is 0 Å². The SMILES string of the molecule is COc1ccc([C@@H](OC(=O)Nc2ccc(C(C)=O)cc2)[C@@H](CC/C=C/C(=O)Nc2ccccc2N)Oc2ccccc2)cc1O. The van der Waals surface area contributed by atoms with Crippen LogP contribution in [0.4, 0.5) is 21.9 Å². The van der Waals surface area contributed by atoms with Crippen molar-refractivity contribution in [2.75, 3.05) is 23.5 Å². The molecule has 0 unspecified atom stereocenters. The number of ketones is 1. The molecule has 0 radical (unpaired) electrons. The molecule has 2 atom stereocenters. The van der Waals surface area contributed by atoms with E-state index < -0.39 is 18.3 Å². The van der Waals surface area contributed by atoms with Gasteiger partial charge in [0.25, 0.3) is 0 Å². The number of methoxy groups -OCH3 is 1. The molecule has 5 N–H and O–H groups in total. The lowest BCUT2D eigenvalue weighted by Crippen LogP contribution is -2.31. The molecule has 4 rings (SSSR count). The lowest BCUT2D eigenvalue weighted by molar-refractivity contribution is -0.111. The monoisotopic (exact) mass is 609 g/mol. The van der Waals surface area contributed by atoms with Gasteiger partial charge in [0.15, 0.2) is 23.4 Å². The molecule has 0 saturated heterocycles. The second-order valence-electron chi connectivity index (χ2n) is 10.0. The van der Waals surface area contributed by atoms with E-state index in [-0.39, 0.29) is 23.2 Å². The van der Waals surface area contributed by atoms with Gasteiger partial charge >= 0.3 is 6.09 Å². The van der Waals surface area contributed by atoms with Gasteiger partial charge in [0.1, 0.15) is 11.9 Å². The van der Waals surface area contributed by atoms with Crippen LogP contribution in [0, 0.1) is 0 Å². The zero-order valence-corrected chi connectivity index (χ0v) is 24.9. The molecule has 0 saturated carbocycles. The number of phenolic OH excluding ortho intramolecular Hbond substituents is 1. The highest BCUT2D eigenvalue weighted by Crippen LogP contribution is 2.34. The zero-order chi connectivity index (χ0) is 32.2. The van der Waals surface area contributed by atoms with Gasteiger partial charge < -0.3 is 30.4 Å². The lowest BCUT2D eigenvalue weighted by atomic mass is 9.99. The van der Waals surface area contributed by atoms with Crippen molar-refractivity contribution in [2.45, 2.75) is 32.0 Å². The Labute approximate surface area is 261 Å². The van der Waals surface area contributed by atoms with Crippen LogP contribution in [0.25, 0.3) is 0 Å². The summed E-state index contributed by atoms with van der Waals surface area (Å²) < 4.78 is 17.5. The number of ether oxygens (including phenoxy) is 3. The first-order valence-electron chi connectivity index (χ1n) is 14.2. The maximum Gasteiger partial charge on any atom is 0.412 e. The average molecular weight is 610 g/mol. The van der Waals surface area contributed by atoms with E-state index in [0.29, 0.717) is 46.8 Å². The number of anilines is 3. The van der Waals surface area contributed by atoms with Gasteiger partial charge in [0, 0.05) is 16.8 Å². The van der Waals surface area contributed by atoms with Gasteiger partial charge in [-0.3, -0.25) is 14.9 Å². The van der Waals surface area contributed by atoms with Gasteiger partial charge in [-0.25, -0.2) is 4.79 Å². The Balaban J connectivity index is 1.56. The Morgan fingerprint density at radius 1 is 0.911 bits per heavy atom. The molecule has 0 aliphatic heterocycles. The lowest BCUT2D eigenvalue weighted by Gasteiger charge is -2.28. The van der Waals surface area contributed by atoms with E-state index in [1.807, 2.05) is 18.2 Å². The quantitative estimate of drug-likeness (QED) is 0.0727. The second-order valence-corrected chi connectivity index (χ2v) is 10.0. The van der Waals surface area contributed by atoms with Crippen LogP contribution in [0.15, 0.2) is 109 Å². The van der Waals surface area contributed by atoms with Crippen molar-refractivity contribution in [1.29, 1.82) is 0 Å². The molecule has 0 aromatic heterocycles. The number of hydrogen-bond donors (Lipinski definition) is 4. The number of nitrogens with one attached hydrogen (secondary N) is 2. The predicted molar refractivity (Wildman–Crippen MR) is 173 cm³/mol. The van der Waals surface area contributed by atoms with Crippen LogP contribution in [0.2, 0.25) is 0 Å². The summed E-state index contributed by atoms with van der Waals surface area (Å²) in [6, 6.07) is 27.1. The van der Waals surface area contributed by atoms with Crippen LogP contribution in [-0.2, 0) is 9.53 Å². The van der Waals surface area contributed by atoms with Crippen molar-refractivity contribution < 1.29 is 33.7 Å². The van der Waals surface area contributed by atoms with Crippen LogP contribution in [-0.4, -0.2) is 36.1 Å². The maximum absolute atomic E-state index is 13.2. The van der Waals surface area contributed by atoms with Crippen molar-refractivity contribution in [3.05, 3.63) is 120 Å². The summed E-state index contributed by atoms with van der Waals surface area (Å²) in [6.07, 6.45) is 1.28. The number of hydrogen-bond acceptors (Lipinski definition) is 8. The number of aromatic hydroxyl groups is 1. The highest BCUT2D eigenvalue weighted by molar-refractivity contribution is 6.01. The van der Waals surface area contributed by atoms with Gasteiger partial charge in [0.2, 0.25) is 5.91 Å². The van der Waals surface area contributed by atoms with Crippen molar-refractivity contribution in [2.24, 2.45) is 0 Å². The van der Waals surface area contributed by atoms with Gasteiger partial charge in [0.05, 0.1) is 18.5 Å². The topological polar surface area (TPSA) is 149 Å². The van der Waals surface area contributed by atoms with Crippen molar-refractivity contribution in [1.82, 2.24) is 0 Å². The fraction of sp³-hybridized carbons (Fsp3) is 0.171. The van der Waals surface area contributed by atoms with E-state index in [4.69, 9.17) is 19.9 Å². The molecule has 4 aromatic rings. The molecule has 0 heterocycles. The van der Waals surface area contributed by atoms with Crippen LogP contribution in [0.5, 0.6) is 17.2 Å². The maximum atomic E-state index is 13.2. The number of phenols is 1. The molecule has 4 aromatic carbocycles. The van der Waals surface area contributed by atoms with Crippen LogP contribution < -0.4 is 25.8 Å². The molecule has 45 heavy (non-hydrogen) atoms. The largest absolute Gasteiger partial charge is 0.504 e. The minimum absolute atomic E-state index is 0.0971. The molecule has 232 valence electrons. The summed E-state index contributed by atoms with van der Waals surface area (Å²) in [5.74, 6) is 0.201. The van der Waals surface area contributed by atoms with E-state index in [0.717, 1.165) is 0 Å². The molecule has 0 aliphatic carbocycles. The first-order valence-corrected chi connectivity index (χ1v) is 14.2. The first-order chi connectivity index (χ1) is 21.7. The number of benzene rings is 4. The fourth-order valence-electron chi connectivity index (χ4n) is 4.48. The average Bonchev–Trinajstić information content (AvgIpc) is 3.03.